The van der Waals surface area contributed by atoms with Gasteiger partial charge in [0.2, 0.25) is 5.91 Å². The molecule has 0 radical (unpaired) electrons. The molecule has 0 heterocycles. The highest BCUT2D eigenvalue weighted by Crippen LogP contribution is 2.37. The summed E-state index contributed by atoms with van der Waals surface area (Å²) in [6, 6.07) is 9.24. The van der Waals surface area contributed by atoms with Crippen LogP contribution in [0.5, 0.6) is 0 Å². The van der Waals surface area contributed by atoms with Gasteiger partial charge in [-0.3, -0.25) is 4.79 Å². The van der Waals surface area contributed by atoms with E-state index in [2.05, 4.69) is 43.1 Å². The largest absolute Gasteiger partial charge is 0.352 e. The number of aryl methyl sites for hydroxylation is 1. The maximum Gasteiger partial charge on any atom is 0.246 e. The van der Waals surface area contributed by atoms with Gasteiger partial charge in [-0.1, -0.05) is 63.5 Å². The van der Waals surface area contributed by atoms with Crippen molar-refractivity contribution < 1.29 is 4.79 Å². The molecule has 2 rings (SSSR count). The summed E-state index contributed by atoms with van der Waals surface area (Å²) in [5, 5.41) is 2.90. The van der Waals surface area contributed by atoms with E-state index in [1.165, 1.54) is 62.5 Å². The van der Waals surface area contributed by atoms with Gasteiger partial charge in [0.05, 0.1) is 0 Å². The summed E-state index contributed by atoms with van der Waals surface area (Å²) < 4.78 is 0. The fourth-order valence-corrected chi connectivity index (χ4v) is 4.07. The molecule has 0 atom stereocenters. The highest BCUT2D eigenvalue weighted by atomic mass is 16.1. The monoisotopic (exact) mass is 355 g/mol. The van der Waals surface area contributed by atoms with Crippen LogP contribution in [0.15, 0.2) is 36.4 Å². The Labute approximate surface area is 160 Å². The van der Waals surface area contributed by atoms with Gasteiger partial charge in [0.25, 0.3) is 0 Å². The molecule has 1 amide bonds. The van der Waals surface area contributed by atoms with E-state index in [0.29, 0.717) is 5.57 Å². The molecule has 144 valence electrons. The Balaban J connectivity index is 1.69. The molecular formula is C24H37NO. The molecule has 26 heavy (non-hydrogen) atoms. The van der Waals surface area contributed by atoms with Crippen LogP contribution >= 0.6 is 0 Å². The standard InChI is InChI=1S/C24H37NO/c1-4-5-6-8-20-10-14-22(15-11-20)23-16-12-21(13-17-23)9-7-18-25-24(26)19(2)3/h12-13,16-17,20,22H,2,4-11,14-15,18H2,1,3H3,(H,25,26). The van der Waals surface area contributed by atoms with E-state index in [1.807, 2.05) is 0 Å². The normalized spacial score (nSPS) is 19.9. The van der Waals surface area contributed by atoms with Crippen molar-refractivity contribution in [2.45, 2.75) is 84.0 Å². The minimum atomic E-state index is -0.0364. The zero-order valence-electron chi connectivity index (χ0n) is 16.9. The van der Waals surface area contributed by atoms with Crippen molar-refractivity contribution in [3.05, 3.63) is 47.5 Å². The fourth-order valence-electron chi connectivity index (χ4n) is 4.07. The van der Waals surface area contributed by atoms with E-state index in [4.69, 9.17) is 0 Å². The molecule has 0 aliphatic heterocycles. The van der Waals surface area contributed by atoms with E-state index < -0.39 is 0 Å². The highest BCUT2D eigenvalue weighted by Gasteiger charge is 2.21. The molecule has 0 spiro atoms. The third kappa shape index (κ3) is 6.97. The minimum Gasteiger partial charge on any atom is -0.352 e. The van der Waals surface area contributed by atoms with E-state index in [-0.39, 0.29) is 5.91 Å². The summed E-state index contributed by atoms with van der Waals surface area (Å²) in [4.78, 5) is 11.5. The Morgan fingerprint density at radius 2 is 1.77 bits per heavy atom. The van der Waals surface area contributed by atoms with Crippen LogP contribution in [-0.4, -0.2) is 12.5 Å². The van der Waals surface area contributed by atoms with Crippen molar-refractivity contribution in [3.63, 3.8) is 0 Å². The number of rotatable bonds is 10. The lowest BCUT2D eigenvalue weighted by molar-refractivity contribution is -0.117. The third-order valence-electron chi connectivity index (χ3n) is 5.83. The van der Waals surface area contributed by atoms with Gasteiger partial charge >= 0.3 is 0 Å². The molecule has 0 saturated heterocycles. The Morgan fingerprint density at radius 3 is 2.38 bits per heavy atom. The average molecular weight is 356 g/mol. The second-order valence-corrected chi connectivity index (χ2v) is 8.09. The average Bonchev–Trinajstić information content (AvgIpc) is 2.66. The Hall–Kier alpha value is -1.57. The molecule has 1 N–H and O–H groups in total. The van der Waals surface area contributed by atoms with Gasteiger partial charge in [0.1, 0.15) is 0 Å². The molecule has 2 nitrogen and oxygen atoms in total. The first-order valence-corrected chi connectivity index (χ1v) is 10.6. The molecule has 1 aliphatic rings. The number of nitrogens with one attached hydrogen (secondary N) is 1. The molecule has 0 bridgehead atoms. The quantitative estimate of drug-likeness (QED) is 0.395. The van der Waals surface area contributed by atoms with Crippen LogP contribution in [0.25, 0.3) is 0 Å². The zero-order chi connectivity index (χ0) is 18.8. The van der Waals surface area contributed by atoms with Gasteiger partial charge in [-0.05, 0) is 68.4 Å². The van der Waals surface area contributed by atoms with Crippen molar-refractivity contribution in [2.24, 2.45) is 5.92 Å². The number of benzene rings is 1. The van der Waals surface area contributed by atoms with Gasteiger partial charge in [-0.25, -0.2) is 0 Å². The van der Waals surface area contributed by atoms with Gasteiger partial charge in [-0.15, -0.1) is 0 Å². The van der Waals surface area contributed by atoms with Crippen LogP contribution < -0.4 is 5.32 Å². The van der Waals surface area contributed by atoms with Crippen molar-refractivity contribution in [1.82, 2.24) is 5.32 Å². The minimum absolute atomic E-state index is 0.0364. The van der Waals surface area contributed by atoms with Crippen molar-refractivity contribution in [1.29, 1.82) is 0 Å². The predicted molar refractivity (Wildman–Crippen MR) is 111 cm³/mol. The third-order valence-corrected chi connectivity index (χ3v) is 5.83. The lowest BCUT2D eigenvalue weighted by atomic mass is 9.77. The number of hydrogen-bond acceptors (Lipinski definition) is 1. The van der Waals surface area contributed by atoms with E-state index in [1.54, 1.807) is 6.92 Å². The number of unbranched alkanes of at least 4 members (excludes halogenated alkanes) is 2. The van der Waals surface area contributed by atoms with Crippen molar-refractivity contribution in [3.8, 4) is 0 Å². The molecular weight excluding hydrogens is 318 g/mol. The van der Waals surface area contributed by atoms with Crippen LogP contribution in [0.1, 0.15) is 88.7 Å². The Morgan fingerprint density at radius 1 is 1.08 bits per heavy atom. The van der Waals surface area contributed by atoms with Crippen LogP contribution in [0, 0.1) is 5.92 Å². The van der Waals surface area contributed by atoms with Crippen molar-refractivity contribution >= 4 is 5.91 Å². The van der Waals surface area contributed by atoms with Gasteiger partial charge in [0.15, 0.2) is 0 Å². The maximum absolute atomic E-state index is 11.5. The predicted octanol–water partition coefficient (Wildman–Crippen LogP) is 6.17. The molecule has 2 heteroatoms. The first-order chi connectivity index (χ1) is 12.6. The second kappa shape index (κ2) is 11.2. The molecule has 1 aromatic rings. The lowest BCUT2D eigenvalue weighted by Gasteiger charge is -2.29. The van der Waals surface area contributed by atoms with Gasteiger partial charge in [0, 0.05) is 12.1 Å². The summed E-state index contributed by atoms with van der Waals surface area (Å²) in [6.07, 6.45) is 13.2. The van der Waals surface area contributed by atoms with Gasteiger partial charge in [-0.2, -0.15) is 0 Å². The lowest BCUT2D eigenvalue weighted by Crippen LogP contribution is -2.24. The molecule has 1 saturated carbocycles. The van der Waals surface area contributed by atoms with E-state index in [0.717, 1.165) is 31.2 Å². The second-order valence-electron chi connectivity index (χ2n) is 8.09. The highest BCUT2D eigenvalue weighted by molar-refractivity contribution is 5.91. The topological polar surface area (TPSA) is 29.1 Å². The molecule has 1 aliphatic carbocycles. The first kappa shape index (κ1) is 20.7. The molecule has 1 aromatic carbocycles. The smallest absolute Gasteiger partial charge is 0.246 e. The number of amides is 1. The molecule has 0 aromatic heterocycles. The Bertz CT molecular complexity index is 552. The van der Waals surface area contributed by atoms with E-state index >= 15 is 0 Å². The van der Waals surface area contributed by atoms with Crippen LogP contribution in [0.2, 0.25) is 0 Å². The molecule has 0 unspecified atom stereocenters. The maximum atomic E-state index is 11.5. The SMILES string of the molecule is C=C(C)C(=O)NCCCc1ccc(C2CCC(CCCCC)CC2)cc1. The number of hydrogen-bond donors (Lipinski definition) is 1. The van der Waals surface area contributed by atoms with Gasteiger partial charge < -0.3 is 5.32 Å². The summed E-state index contributed by atoms with van der Waals surface area (Å²) >= 11 is 0. The molecule has 1 fully saturated rings. The van der Waals surface area contributed by atoms with Crippen molar-refractivity contribution in [2.75, 3.05) is 6.54 Å². The summed E-state index contributed by atoms with van der Waals surface area (Å²) in [7, 11) is 0. The summed E-state index contributed by atoms with van der Waals surface area (Å²) in [5.41, 5.74) is 3.47. The Kier molecular flexibility index (Phi) is 8.94. The van der Waals surface area contributed by atoms with Crippen LogP contribution in [-0.2, 0) is 11.2 Å². The summed E-state index contributed by atoms with van der Waals surface area (Å²) in [6.45, 7) is 8.41. The summed E-state index contributed by atoms with van der Waals surface area (Å²) in [5.74, 6) is 1.71. The van der Waals surface area contributed by atoms with Crippen LogP contribution in [0.4, 0.5) is 0 Å². The van der Waals surface area contributed by atoms with E-state index in [9.17, 15) is 4.79 Å². The number of carbonyl (C=O) groups is 1. The van der Waals surface area contributed by atoms with Crippen LogP contribution in [0.3, 0.4) is 0 Å². The first-order valence-electron chi connectivity index (χ1n) is 10.6. The zero-order valence-corrected chi connectivity index (χ0v) is 16.9. The number of carbonyl (C=O) groups excluding carboxylic acids is 1. The fraction of sp³-hybridized carbons (Fsp3) is 0.625.